The minimum atomic E-state index is -0.604. The SMILES string of the molecule is [2H]c1nc(-c2[c-]c(-c3cccc4c3nc(-c3cc(C(C)C)cc(C(C)C)c3O)n4-c3ccc(C(C)CC)cc3-c3ccccc3)cc(C(C)(C)C)c2)c([2H])c(-c2c([2H])c([2H])c([2H])c([2H])c2[2H])c1[2H].[Pt]. The Balaban J connectivity index is 0.00000703. The summed E-state index contributed by atoms with van der Waals surface area (Å²) in [5, 5.41) is 12.3. The molecule has 0 aliphatic rings. The van der Waals surface area contributed by atoms with E-state index >= 15 is 0 Å². The first kappa shape index (κ1) is 34.1. The molecule has 0 saturated carbocycles. The van der Waals surface area contributed by atoms with Crippen molar-refractivity contribution in [3.63, 3.8) is 0 Å². The van der Waals surface area contributed by atoms with Gasteiger partial charge in [-0.2, -0.15) is 0 Å². The van der Waals surface area contributed by atoms with Crippen LogP contribution in [0.1, 0.15) is 120 Å². The molecule has 312 valence electrons. The largest absolute Gasteiger partial charge is 0.507 e. The van der Waals surface area contributed by atoms with Crippen molar-refractivity contribution >= 4 is 11.0 Å². The molecule has 1 N–H and O–H groups in total. The summed E-state index contributed by atoms with van der Waals surface area (Å²) < 4.78 is 71.6. The van der Waals surface area contributed by atoms with Gasteiger partial charge in [-0.3, -0.25) is 9.55 Å². The molecule has 0 bridgehead atoms. The Kier molecular flexibility index (Phi) is 9.94. The van der Waals surface area contributed by atoms with Crippen molar-refractivity contribution in [1.82, 2.24) is 14.5 Å². The van der Waals surface area contributed by atoms with E-state index in [4.69, 9.17) is 14.6 Å². The molecular formula is C56H56N3OPt-. The number of rotatable bonds is 10. The normalized spacial score (nSPS) is 14.1. The second-order valence-corrected chi connectivity index (χ2v) is 17.4. The molecule has 0 saturated heterocycles. The summed E-state index contributed by atoms with van der Waals surface area (Å²) >= 11 is 0. The average molecular weight is 990 g/mol. The van der Waals surface area contributed by atoms with Gasteiger partial charge in [-0.1, -0.05) is 164 Å². The quantitative estimate of drug-likeness (QED) is 0.139. The van der Waals surface area contributed by atoms with Gasteiger partial charge in [-0.15, -0.1) is 29.3 Å². The van der Waals surface area contributed by atoms with E-state index in [2.05, 4.69) is 114 Å². The van der Waals surface area contributed by atoms with E-state index in [0.717, 1.165) is 45.4 Å². The number of aromatic hydroxyl groups is 1. The van der Waals surface area contributed by atoms with E-state index < -0.39 is 47.8 Å². The summed E-state index contributed by atoms with van der Waals surface area (Å²) in [5.41, 5.74) is 9.42. The Morgan fingerprint density at radius 1 is 0.721 bits per heavy atom. The molecule has 0 amide bonds. The minimum Gasteiger partial charge on any atom is -0.507 e. The monoisotopic (exact) mass is 989 g/mol. The van der Waals surface area contributed by atoms with Crippen molar-refractivity contribution < 1.29 is 37.1 Å². The van der Waals surface area contributed by atoms with E-state index in [9.17, 15) is 6.48 Å². The topological polar surface area (TPSA) is 50.9 Å². The molecule has 61 heavy (non-hydrogen) atoms. The van der Waals surface area contributed by atoms with E-state index in [1.807, 2.05) is 54.6 Å². The van der Waals surface area contributed by atoms with Gasteiger partial charge in [0.15, 0.2) is 0 Å². The smallest absolute Gasteiger partial charge is 0.148 e. The second kappa shape index (κ2) is 17.8. The molecule has 0 aliphatic heterocycles. The Labute approximate surface area is 388 Å². The molecule has 0 spiro atoms. The van der Waals surface area contributed by atoms with Crippen LogP contribution in [0.25, 0.3) is 72.7 Å². The number of benzene rings is 6. The number of phenols is 1. The summed E-state index contributed by atoms with van der Waals surface area (Å²) in [4.78, 5) is 9.97. The predicted molar refractivity (Wildman–Crippen MR) is 252 cm³/mol. The van der Waals surface area contributed by atoms with Gasteiger partial charge in [-0.25, -0.2) is 4.98 Å². The predicted octanol–water partition coefficient (Wildman–Crippen LogP) is 15.3. The third kappa shape index (κ3) is 8.66. The zero-order chi connectivity index (χ0) is 49.3. The molecular weight excluding hydrogens is 926 g/mol. The van der Waals surface area contributed by atoms with Crippen molar-refractivity contribution in [2.45, 2.75) is 91.9 Å². The van der Waals surface area contributed by atoms with Gasteiger partial charge in [0.05, 0.1) is 33.3 Å². The first-order chi connectivity index (χ1) is 32.1. The van der Waals surface area contributed by atoms with Crippen molar-refractivity contribution in [1.29, 1.82) is 0 Å². The van der Waals surface area contributed by atoms with Crippen LogP contribution in [0.4, 0.5) is 0 Å². The molecule has 1 atom stereocenters. The number of para-hydroxylation sites is 1. The van der Waals surface area contributed by atoms with Crippen LogP contribution < -0.4 is 0 Å². The number of hydrogen-bond acceptors (Lipinski definition) is 3. The van der Waals surface area contributed by atoms with Crippen LogP contribution in [0, 0.1) is 6.07 Å². The summed E-state index contributed by atoms with van der Waals surface area (Å²) in [7, 11) is 0. The van der Waals surface area contributed by atoms with Crippen LogP contribution in [0.5, 0.6) is 5.75 Å². The van der Waals surface area contributed by atoms with Gasteiger partial charge in [0.1, 0.15) is 11.6 Å². The van der Waals surface area contributed by atoms with Crippen LogP contribution in [0.2, 0.25) is 0 Å². The van der Waals surface area contributed by atoms with E-state index in [1.54, 1.807) is 0 Å². The Morgan fingerprint density at radius 3 is 2.13 bits per heavy atom. The van der Waals surface area contributed by atoms with Crippen LogP contribution in [-0.2, 0) is 26.5 Å². The summed E-state index contributed by atoms with van der Waals surface area (Å²) in [6.07, 6.45) is 0.455. The molecule has 2 aromatic heterocycles. The number of nitrogens with zero attached hydrogens (tertiary/aromatic N) is 3. The molecule has 0 aliphatic carbocycles. The number of imidazole rings is 1. The zero-order valence-electron chi connectivity index (χ0n) is 44.2. The number of fused-ring (bicyclic) bond motifs is 1. The van der Waals surface area contributed by atoms with Crippen LogP contribution in [0.3, 0.4) is 0 Å². The maximum atomic E-state index is 12.3. The Hall–Kier alpha value is -5.57. The average Bonchev–Trinajstić information content (AvgIpc) is 3.71. The molecule has 0 fully saturated rings. The van der Waals surface area contributed by atoms with Crippen LogP contribution >= 0.6 is 0 Å². The molecule has 8 rings (SSSR count). The van der Waals surface area contributed by atoms with Gasteiger partial charge in [-0.05, 0) is 93.3 Å². The third-order valence-corrected chi connectivity index (χ3v) is 11.5. The number of phenolic OH excluding ortho intramolecular Hbond substituents is 1. The minimum absolute atomic E-state index is 0. The molecule has 8 aromatic rings. The number of hydrogen-bond donors (Lipinski definition) is 1. The van der Waals surface area contributed by atoms with Crippen LogP contribution in [-0.4, -0.2) is 19.6 Å². The first-order valence-corrected chi connectivity index (χ1v) is 20.9. The second-order valence-electron chi connectivity index (χ2n) is 17.4. The standard InChI is InChI=1S/C56H56N3O.Pt/c1-10-37(6)40-24-25-51(48(31-40)39-20-15-12-16-21-39)59-52-23-17-22-46(53(52)58-55(59)49-33-42(35(2)3)32-47(36(4)5)54(49)60)43-28-44(30-45(29-43)56(7,8)9)50-34-41(26-27-57-50)38-18-13-11-14-19-38;/h11-27,29-37,60H,10H2,1-9H3;/q-1;/i11D,13D,14D,18D,19D,26D,27D,34D;. The molecule has 6 aromatic carbocycles. The maximum Gasteiger partial charge on any atom is 0.148 e. The summed E-state index contributed by atoms with van der Waals surface area (Å²) in [6, 6.07) is 30.6. The van der Waals surface area contributed by atoms with E-state index in [-0.39, 0.29) is 61.5 Å². The van der Waals surface area contributed by atoms with Crippen molar-refractivity contribution in [3.05, 3.63) is 168 Å². The fraction of sp³-hybridized carbons (Fsp3) is 0.250. The van der Waals surface area contributed by atoms with Gasteiger partial charge >= 0.3 is 0 Å². The fourth-order valence-corrected chi connectivity index (χ4v) is 7.73. The molecule has 4 nitrogen and oxygen atoms in total. The van der Waals surface area contributed by atoms with E-state index in [1.165, 1.54) is 5.56 Å². The Morgan fingerprint density at radius 2 is 1.44 bits per heavy atom. The van der Waals surface area contributed by atoms with Gasteiger partial charge in [0.2, 0.25) is 0 Å². The van der Waals surface area contributed by atoms with Crippen LogP contribution in [0.15, 0.2) is 139 Å². The summed E-state index contributed by atoms with van der Waals surface area (Å²) in [6.45, 7) is 19.0. The molecule has 1 unspecified atom stereocenters. The first-order valence-electron chi connectivity index (χ1n) is 24.9. The fourth-order valence-electron chi connectivity index (χ4n) is 7.73. The molecule has 5 heteroatoms. The van der Waals surface area contributed by atoms with Crippen molar-refractivity contribution in [2.75, 3.05) is 0 Å². The van der Waals surface area contributed by atoms with Gasteiger partial charge < -0.3 is 5.11 Å². The van der Waals surface area contributed by atoms with Crippen molar-refractivity contribution in [2.24, 2.45) is 0 Å². The molecule has 2 heterocycles. The molecule has 0 radical (unpaired) electrons. The van der Waals surface area contributed by atoms with Gasteiger partial charge in [0.25, 0.3) is 0 Å². The summed E-state index contributed by atoms with van der Waals surface area (Å²) in [5.74, 6) is 1.21. The van der Waals surface area contributed by atoms with Crippen molar-refractivity contribution in [3.8, 4) is 67.5 Å². The third-order valence-electron chi connectivity index (χ3n) is 11.5. The Bertz CT molecular complexity index is 3260. The van der Waals surface area contributed by atoms with E-state index in [0.29, 0.717) is 39.5 Å². The number of pyridine rings is 1. The maximum absolute atomic E-state index is 12.3. The zero-order valence-corrected chi connectivity index (χ0v) is 38.5. The number of aromatic nitrogens is 3. The van der Waals surface area contributed by atoms with Gasteiger partial charge in [0, 0.05) is 38.5 Å².